The summed E-state index contributed by atoms with van der Waals surface area (Å²) < 4.78 is 0. The molecule has 2 saturated carbocycles. The molecule has 1 aromatic heterocycles. The van der Waals surface area contributed by atoms with Crippen molar-refractivity contribution in [1.29, 1.82) is 0 Å². The maximum Gasteiger partial charge on any atom is 0.317 e. The van der Waals surface area contributed by atoms with Gasteiger partial charge >= 0.3 is 6.03 Å². The average Bonchev–Trinajstić information content (AvgIpc) is 3.49. The van der Waals surface area contributed by atoms with Gasteiger partial charge in [0, 0.05) is 37.5 Å². The van der Waals surface area contributed by atoms with Crippen LogP contribution in [0.5, 0.6) is 0 Å². The summed E-state index contributed by atoms with van der Waals surface area (Å²) in [5.74, 6) is 0.926. The van der Waals surface area contributed by atoms with Crippen LogP contribution in [-0.2, 0) is 4.79 Å². The number of urea groups is 1. The number of amides is 3. The Labute approximate surface area is 225 Å². The molecule has 7 nitrogen and oxygen atoms in total. The summed E-state index contributed by atoms with van der Waals surface area (Å²) in [5, 5.41) is 10.00. The van der Waals surface area contributed by atoms with E-state index in [9.17, 15) is 14.4 Å². The highest BCUT2D eigenvalue weighted by molar-refractivity contribution is 7.15. The first-order valence-corrected chi connectivity index (χ1v) is 14.8. The van der Waals surface area contributed by atoms with E-state index in [1.165, 1.54) is 18.4 Å². The SMILES string of the molecule is CC1CCC(C(=O)N(c2cc(C3=CCCCC3)sc2C=O)C2CCC3(CC2)CNC(=O)N3C)CC1.CO. The van der Waals surface area contributed by atoms with Gasteiger partial charge in [-0.05, 0) is 94.6 Å². The lowest BCUT2D eigenvalue weighted by Gasteiger charge is -2.45. The number of carbonyl (C=O) groups is 3. The van der Waals surface area contributed by atoms with Crippen molar-refractivity contribution in [2.75, 3.05) is 25.6 Å². The molecule has 5 rings (SSSR count). The summed E-state index contributed by atoms with van der Waals surface area (Å²) in [4.78, 5) is 44.2. The van der Waals surface area contributed by atoms with Crippen LogP contribution in [0.4, 0.5) is 10.5 Å². The van der Waals surface area contributed by atoms with Gasteiger partial charge in [-0.2, -0.15) is 0 Å². The van der Waals surface area contributed by atoms with Crippen LogP contribution in [0.25, 0.3) is 5.57 Å². The average molecular weight is 530 g/mol. The van der Waals surface area contributed by atoms with Crippen molar-refractivity contribution >= 4 is 40.8 Å². The molecule has 2 heterocycles. The number of nitrogens with one attached hydrogen (secondary N) is 1. The molecule has 3 aliphatic carbocycles. The topological polar surface area (TPSA) is 90.0 Å². The molecule has 0 radical (unpaired) electrons. The number of aliphatic hydroxyl groups excluding tert-OH is 1. The van der Waals surface area contributed by atoms with E-state index in [0.717, 1.165) is 88.2 Å². The highest BCUT2D eigenvalue weighted by Gasteiger charge is 2.47. The zero-order valence-corrected chi connectivity index (χ0v) is 23.4. The van der Waals surface area contributed by atoms with Gasteiger partial charge in [0.05, 0.1) is 16.1 Å². The Bertz CT molecular complexity index is 1000. The van der Waals surface area contributed by atoms with E-state index in [0.29, 0.717) is 17.3 Å². The second-order valence-electron chi connectivity index (χ2n) is 11.3. The molecule has 1 saturated heterocycles. The fourth-order valence-corrected chi connectivity index (χ4v) is 7.72. The van der Waals surface area contributed by atoms with Gasteiger partial charge in [-0.25, -0.2) is 4.79 Å². The van der Waals surface area contributed by atoms with Gasteiger partial charge in [0.15, 0.2) is 6.29 Å². The normalized spacial score (nSPS) is 29.7. The van der Waals surface area contributed by atoms with Crippen LogP contribution < -0.4 is 10.2 Å². The number of nitrogens with zero attached hydrogens (tertiary/aromatic N) is 2. The molecule has 3 fully saturated rings. The number of thiophene rings is 1. The summed E-state index contributed by atoms with van der Waals surface area (Å²) >= 11 is 1.55. The summed E-state index contributed by atoms with van der Waals surface area (Å²) in [6.45, 7) is 2.96. The second kappa shape index (κ2) is 12.1. The Morgan fingerprint density at radius 3 is 2.43 bits per heavy atom. The smallest absolute Gasteiger partial charge is 0.317 e. The fraction of sp³-hybridized carbons (Fsp3) is 0.690. The predicted molar refractivity (Wildman–Crippen MR) is 149 cm³/mol. The number of likely N-dealkylation sites (N-methyl/N-ethyl adjacent to an activating group) is 1. The number of carbonyl (C=O) groups excluding carboxylic acids is 3. The van der Waals surface area contributed by atoms with Crippen LogP contribution in [0, 0.1) is 11.8 Å². The van der Waals surface area contributed by atoms with Crippen molar-refractivity contribution in [3.05, 3.63) is 21.9 Å². The van der Waals surface area contributed by atoms with Gasteiger partial charge < -0.3 is 20.2 Å². The lowest BCUT2D eigenvalue weighted by atomic mass is 9.77. The third-order valence-corrected chi connectivity index (χ3v) is 10.3. The molecule has 3 amide bonds. The van der Waals surface area contributed by atoms with Crippen molar-refractivity contribution in [3.63, 3.8) is 0 Å². The second-order valence-corrected chi connectivity index (χ2v) is 12.4. The zero-order chi connectivity index (χ0) is 26.6. The standard InChI is InChI=1S/C28H39N3O3S.CH4O/c1-19-8-10-21(11-9-19)26(33)31(22-12-14-28(15-13-22)18-29-27(34)30(28)2)23-16-24(35-25(23)17-32)20-6-4-3-5-7-20;1-2/h6,16-17,19,21-22H,3-5,7-15,18H2,1-2H3,(H,29,34);2H,1H3. The Kier molecular flexibility index (Phi) is 9.11. The van der Waals surface area contributed by atoms with Crippen LogP contribution in [0.3, 0.4) is 0 Å². The van der Waals surface area contributed by atoms with E-state index in [1.807, 2.05) is 16.8 Å². The fourth-order valence-electron chi connectivity index (χ4n) is 6.69. The molecule has 0 unspecified atom stereocenters. The van der Waals surface area contributed by atoms with Crippen LogP contribution in [0.2, 0.25) is 0 Å². The quantitative estimate of drug-likeness (QED) is 0.484. The van der Waals surface area contributed by atoms with E-state index in [2.05, 4.69) is 24.4 Å². The maximum absolute atomic E-state index is 14.1. The van der Waals surface area contributed by atoms with Crippen LogP contribution in [0.15, 0.2) is 12.1 Å². The minimum atomic E-state index is -0.150. The van der Waals surface area contributed by atoms with E-state index < -0.39 is 0 Å². The third kappa shape index (κ3) is 5.65. The van der Waals surface area contributed by atoms with Crippen molar-refractivity contribution in [3.8, 4) is 0 Å². The van der Waals surface area contributed by atoms with Crippen LogP contribution in [-0.4, -0.2) is 60.5 Å². The van der Waals surface area contributed by atoms with E-state index in [-0.39, 0.29) is 29.4 Å². The molecule has 0 aromatic carbocycles. The van der Waals surface area contributed by atoms with Crippen molar-refractivity contribution < 1.29 is 19.5 Å². The molecule has 1 aliphatic heterocycles. The highest BCUT2D eigenvalue weighted by atomic mass is 32.1. The molecular weight excluding hydrogens is 486 g/mol. The molecule has 37 heavy (non-hydrogen) atoms. The van der Waals surface area contributed by atoms with Gasteiger partial charge in [0.25, 0.3) is 0 Å². The number of aldehydes is 1. The molecule has 0 bridgehead atoms. The largest absolute Gasteiger partial charge is 0.400 e. The summed E-state index contributed by atoms with van der Waals surface area (Å²) in [7, 11) is 2.89. The lowest BCUT2D eigenvalue weighted by Crippen LogP contribution is -2.53. The van der Waals surface area contributed by atoms with Gasteiger partial charge in [0.2, 0.25) is 5.91 Å². The number of hydrogen-bond donors (Lipinski definition) is 2. The third-order valence-electron chi connectivity index (χ3n) is 9.15. The highest BCUT2D eigenvalue weighted by Crippen LogP contribution is 2.43. The van der Waals surface area contributed by atoms with Gasteiger partial charge in [-0.3, -0.25) is 9.59 Å². The Balaban J connectivity index is 0.00000156. The number of rotatable bonds is 5. The van der Waals surface area contributed by atoms with Gasteiger partial charge in [-0.15, -0.1) is 11.3 Å². The Morgan fingerprint density at radius 2 is 1.86 bits per heavy atom. The van der Waals surface area contributed by atoms with E-state index in [1.54, 1.807) is 11.3 Å². The van der Waals surface area contributed by atoms with Crippen LogP contribution >= 0.6 is 11.3 Å². The molecule has 1 spiro atoms. The Morgan fingerprint density at radius 1 is 1.16 bits per heavy atom. The Hall–Kier alpha value is -2.19. The molecule has 8 heteroatoms. The number of aliphatic hydroxyl groups is 1. The summed E-state index contributed by atoms with van der Waals surface area (Å²) in [5.41, 5.74) is 2.00. The van der Waals surface area contributed by atoms with Crippen LogP contribution in [0.1, 0.15) is 98.5 Å². The number of hydrogen-bond acceptors (Lipinski definition) is 5. The van der Waals surface area contributed by atoms with Gasteiger partial charge in [-0.1, -0.05) is 13.0 Å². The molecule has 0 atom stereocenters. The molecular formula is C29H43N3O4S. The van der Waals surface area contributed by atoms with Gasteiger partial charge in [0.1, 0.15) is 0 Å². The van der Waals surface area contributed by atoms with E-state index >= 15 is 0 Å². The zero-order valence-electron chi connectivity index (χ0n) is 22.6. The molecule has 4 aliphatic rings. The minimum Gasteiger partial charge on any atom is -0.400 e. The van der Waals surface area contributed by atoms with E-state index in [4.69, 9.17) is 5.11 Å². The molecule has 2 N–H and O–H groups in total. The first-order chi connectivity index (χ1) is 17.9. The summed E-state index contributed by atoms with van der Waals surface area (Å²) in [6.07, 6.45) is 15.3. The molecule has 1 aromatic rings. The first kappa shape index (κ1) is 27.8. The summed E-state index contributed by atoms with van der Waals surface area (Å²) in [6, 6.07) is 2.20. The maximum atomic E-state index is 14.1. The number of allylic oxidation sites excluding steroid dienone is 2. The minimum absolute atomic E-state index is 0.000757. The van der Waals surface area contributed by atoms with Crippen molar-refractivity contribution in [2.45, 2.75) is 95.6 Å². The number of anilines is 1. The van der Waals surface area contributed by atoms with Crippen molar-refractivity contribution in [1.82, 2.24) is 10.2 Å². The molecule has 204 valence electrons. The lowest BCUT2D eigenvalue weighted by molar-refractivity contribution is -0.124. The predicted octanol–water partition coefficient (Wildman–Crippen LogP) is 5.62. The first-order valence-electron chi connectivity index (χ1n) is 14.0. The monoisotopic (exact) mass is 529 g/mol. The van der Waals surface area contributed by atoms with Crippen molar-refractivity contribution in [2.24, 2.45) is 11.8 Å².